The average Bonchev–Trinajstić information content (AvgIpc) is 2.56. The molecule has 3 N–H and O–H groups in total. The number of nitrogens with zero attached hydrogens (tertiary/aromatic N) is 2. The molecule has 1 fully saturated rings. The number of alkyl halides is 3. The van der Waals surface area contributed by atoms with Crippen LogP contribution in [0, 0.1) is 0 Å². The van der Waals surface area contributed by atoms with Gasteiger partial charge in [-0.1, -0.05) is 18.2 Å². The number of aliphatic carboxylic acids is 1. The summed E-state index contributed by atoms with van der Waals surface area (Å²) in [6, 6.07) is 9.68. The van der Waals surface area contributed by atoms with Crippen LogP contribution in [0.5, 0.6) is 0 Å². The third-order valence-electron chi connectivity index (χ3n) is 4.41. The van der Waals surface area contributed by atoms with Gasteiger partial charge in [-0.05, 0) is 51.4 Å². The molecule has 0 atom stereocenters. The van der Waals surface area contributed by atoms with E-state index in [9.17, 15) is 13.2 Å². The molecule has 1 heterocycles. The van der Waals surface area contributed by atoms with Crippen molar-refractivity contribution < 1.29 is 23.1 Å². The molecule has 2 rings (SSSR count). The zero-order valence-corrected chi connectivity index (χ0v) is 15.5. The van der Waals surface area contributed by atoms with E-state index < -0.39 is 12.1 Å². The Hall–Kier alpha value is -1.80. The zero-order valence-electron chi connectivity index (χ0n) is 15.5. The Morgan fingerprint density at radius 3 is 2.27 bits per heavy atom. The normalized spacial score (nSPS) is 16.2. The number of halogens is 3. The monoisotopic (exact) mass is 375 g/mol. The fraction of sp³-hybridized carbons (Fsp3) is 0.611. The molecule has 0 aromatic heterocycles. The molecule has 0 saturated carbocycles. The van der Waals surface area contributed by atoms with Crippen LogP contribution in [0.25, 0.3) is 0 Å². The highest BCUT2D eigenvalue weighted by Crippen LogP contribution is 2.23. The highest BCUT2D eigenvalue weighted by atomic mass is 19.4. The van der Waals surface area contributed by atoms with Crippen molar-refractivity contribution in [3.63, 3.8) is 0 Å². The van der Waals surface area contributed by atoms with E-state index in [0.29, 0.717) is 12.1 Å². The van der Waals surface area contributed by atoms with Crippen molar-refractivity contribution in [2.75, 3.05) is 25.0 Å². The Balaban J connectivity index is 0.000000412. The van der Waals surface area contributed by atoms with E-state index in [1.165, 1.54) is 11.3 Å². The Morgan fingerprint density at radius 1 is 1.31 bits per heavy atom. The first-order valence-electron chi connectivity index (χ1n) is 8.61. The Morgan fingerprint density at radius 2 is 1.81 bits per heavy atom. The number of para-hydroxylation sites is 1. The Kier molecular flexibility index (Phi) is 8.36. The van der Waals surface area contributed by atoms with Crippen molar-refractivity contribution in [3.8, 4) is 0 Å². The number of carboxylic acids is 1. The average molecular weight is 375 g/mol. The van der Waals surface area contributed by atoms with Crippen LogP contribution in [0.2, 0.25) is 0 Å². The minimum Gasteiger partial charge on any atom is -0.475 e. The molecule has 1 aromatic rings. The van der Waals surface area contributed by atoms with Gasteiger partial charge >= 0.3 is 12.1 Å². The van der Waals surface area contributed by atoms with Gasteiger partial charge in [0.15, 0.2) is 0 Å². The maximum absolute atomic E-state index is 10.6. The largest absolute Gasteiger partial charge is 0.490 e. The predicted octanol–water partition coefficient (Wildman–Crippen LogP) is 3.09. The van der Waals surface area contributed by atoms with Crippen LogP contribution in [0.4, 0.5) is 18.9 Å². The lowest BCUT2D eigenvalue weighted by atomic mass is 10.0. The van der Waals surface area contributed by atoms with Gasteiger partial charge in [0.05, 0.1) is 0 Å². The summed E-state index contributed by atoms with van der Waals surface area (Å²) in [5.74, 6) is -2.76. The van der Waals surface area contributed by atoms with Crippen molar-refractivity contribution in [1.29, 1.82) is 0 Å². The van der Waals surface area contributed by atoms with Crippen LogP contribution in [-0.4, -0.2) is 54.4 Å². The molecule has 1 aliphatic rings. The van der Waals surface area contributed by atoms with Crippen molar-refractivity contribution in [2.45, 2.75) is 51.5 Å². The molecule has 1 aliphatic heterocycles. The first-order chi connectivity index (χ1) is 12.0. The van der Waals surface area contributed by atoms with Gasteiger partial charge in [-0.15, -0.1) is 0 Å². The predicted molar refractivity (Wildman–Crippen MR) is 96.2 cm³/mol. The highest BCUT2D eigenvalue weighted by molar-refractivity contribution is 5.73. The standard InChI is InChI=1S/C16H27N3.C2HF3O2/c1-13(2)18(3)16-7-5-4-6-14(16)12-19-10-8-15(17)9-11-19;3-2(4,5)1(6)7/h4-7,13,15H,8-12,17H2,1-3H3;(H,6,7). The van der Waals surface area contributed by atoms with Crippen LogP contribution in [0.3, 0.4) is 0 Å². The fourth-order valence-electron chi connectivity index (χ4n) is 2.62. The molecule has 1 saturated heterocycles. The minimum absolute atomic E-state index is 0.407. The van der Waals surface area contributed by atoms with Gasteiger partial charge in [-0.3, -0.25) is 4.90 Å². The van der Waals surface area contributed by atoms with E-state index in [0.717, 1.165) is 32.5 Å². The first kappa shape index (κ1) is 22.2. The van der Waals surface area contributed by atoms with Gasteiger partial charge in [-0.25, -0.2) is 4.79 Å². The molecule has 148 valence electrons. The summed E-state index contributed by atoms with van der Waals surface area (Å²) >= 11 is 0. The Bertz CT molecular complexity index is 571. The van der Waals surface area contributed by atoms with Gasteiger partial charge < -0.3 is 15.7 Å². The third-order valence-corrected chi connectivity index (χ3v) is 4.41. The minimum atomic E-state index is -5.08. The zero-order chi connectivity index (χ0) is 19.9. The summed E-state index contributed by atoms with van der Waals surface area (Å²) in [5, 5.41) is 7.12. The van der Waals surface area contributed by atoms with Crippen molar-refractivity contribution in [2.24, 2.45) is 5.73 Å². The second-order valence-electron chi connectivity index (χ2n) is 6.75. The fourth-order valence-corrected chi connectivity index (χ4v) is 2.62. The van der Waals surface area contributed by atoms with E-state index in [1.807, 2.05) is 0 Å². The number of hydrogen-bond donors (Lipinski definition) is 2. The molecule has 0 radical (unpaired) electrons. The lowest BCUT2D eigenvalue weighted by Gasteiger charge is -2.32. The molecule has 8 heteroatoms. The second kappa shape index (κ2) is 9.78. The number of hydrogen-bond acceptors (Lipinski definition) is 4. The van der Waals surface area contributed by atoms with E-state index in [4.69, 9.17) is 15.6 Å². The summed E-state index contributed by atoms with van der Waals surface area (Å²) in [4.78, 5) is 13.8. The summed E-state index contributed by atoms with van der Waals surface area (Å²) in [6.07, 6.45) is -2.83. The molecule has 5 nitrogen and oxygen atoms in total. The molecular formula is C18H28F3N3O2. The highest BCUT2D eigenvalue weighted by Gasteiger charge is 2.38. The van der Waals surface area contributed by atoms with Crippen LogP contribution in [0.1, 0.15) is 32.3 Å². The number of carboxylic acid groups (broad SMARTS) is 1. The topological polar surface area (TPSA) is 69.8 Å². The van der Waals surface area contributed by atoms with Crippen molar-refractivity contribution in [1.82, 2.24) is 4.90 Å². The summed E-state index contributed by atoms with van der Waals surface area (Å²) in [7, 11) is 2.18. The van der Waals surface area contributed by atoms with E-state index in [-0.39, 0.29) is 0 Å². The summed E-state index contributed by atoms with van der Waals surface area (Å²) in [6.45, 7) is 7.76. The van der Waals surface area contributed by atoms with E-state index in [1.54, 1.807) is 0 Å². The van der Waals surface area contributed by atoms with E-state index >= 15 is 0 Å². The summed E-state index contributed by atoms with van der Waals surface area (Å²) in [5.41, 5.74) is 8.75. The second-order valence-corrected chi connectivity index (χ2v) is 6.75. The number of benzene rings is 1. The van der Waals surface area contributed by atoms with Crippen LogP contribution >= 0.6 is 0 Å². The molecule has 0 unspecified atom stereocenters. The quantitative estimate of drug-likeness (QED) is 0.846. The molecule has 0 aliphatic carbocycles. The first-order valence-corrected chi connectivity index (χ1v) is 8.61. The van der Waals surface area contributed by atoms with Gasteiger partial charge in [0.2, 0.25) is 0 Å². The Labute approximate surface area is 152 Å². The van der Waals surface area contributed by atoms with Gasteiger partial charge in [-0.2, -0.15) is 13.2 Å². The number of anilines is 1. The number of nitrogens with two attached hydrogens (primary N) is 1. The summed E-state index contributed by atoms with van der Waals surface area (Å²) < 4.78 is 31.7. The maximum atomic E-state index is 10.6. The smallest absolute Gasteiger partial charge is 0.475 e. The van der Waals surface area contributed by atoms with Crippen LogP contribution < -0.4 is 10.6 Å². The van der Waals surface area contributed by atoms with Crippen LogP contribution in [-0.2, 0) is 11.3 Å². The number of piperidine rings is 1. The van der Waals surface area contributed by atoms with Crippen molar-refractivity contribution >= 4 is 11.7 Å². The van der Waals surface area contributed by atoms with Gasteiger partial charge in [0.1, 0.15) is 0 Å². The molecule has 1 aromatic carbocycles. The molecule has 0 amide bonds. The van der Waals surface area contributed by atoms with E-state index in [2.05, 4.69) is 55.0 Å². The molecule has 0 spiro atoms. The van der Waals surface area contributed by atoms with Crippen LogP contribution in [0.15, 0.2) is 24.3 Å². The van der Waals surface area contributed by atoms with Gasteiger partial charge in [0.25, 0.3) is 0 Å². The lowest BCUT2D eigenvalue weighted by Crippen LogP contribution is -2.39. The third kappa shape index (κ3) is 7.21. The molecular weight excluding hydrogens is 347 g/mol. The SMILES string of the molecule is CC(C)N(C)c1ccccc1CN1CCC(N)CC1.O=C(O)C(F)(F)F. The van der Waals surface area contributed by atoms with Gasteiger partial charge in [0, 0.05) is 31.4 Å². The molecule has 26 heavy (non-hydrogen) atoms. The number of rotatable bonds is 4. The number of likely N-dealkylation sites (tertiary alicyclic amines) is 1. The maximum Gasteiger partial charge on any atom is 0.490 e. The van der Waals surface area contributed by atoms with Crippen molar-refractivity contribution in [3.05, 3.63) is 29.8 Å². The molecule has 0 bridgehead atoms. The number of carbonyl (C=O) groups is 1. The lowest BCUT2D eigenvalue weighted by molar-refractivity contribution is -0.192.